The Morgan fingerprint density at radius 1 is 1.04 bits per heavy atom. The zero-order valence-corrected chi connectivity index (χ0v) is 15.5. The molecule has 0 spiro atoms. The number of hydrogen-bond donors (Lipinski definition) is 1. The molecule has 0 unspecified atom stereocenters. The highest BCUT2D eigenvalue weighted by molar-refractivity contribution is 6.03. The number of carbonyl (C=O) groups excluding carboxylic acids is 1. The van der Waals surface area contributed by atoms with E-state index in [2.05, 4.69) is 10.4 Å². The molecule has 9 nitrogen and oxygen atoms in total. The summed E-state index contributed by atoms with van der Waals surface area (Å²) >= 11 is 0. The van der Waals surface area contributed by atoms with Crippen LogP contribution in [0.3, 0.4) is 0 Å². The van der Waals surface area contributed by atoms with Crippen LogP contribution in [-0.4, -0.2) is 34.5 Å². The highest BCUT2D eigenvalue weighted by atomic mass is 16.5. The minimum Gasteiger partial charge on any atom is -0.497 e. The lowest BCUT2D eigenvalue weighted by Gasteiger charge is -2.12. The van der Waals surface area contributed by atoms with Crippen molar-refractivity contribution in [1.29, 1.82) is 0 Å². The van der Waals surface area contributed by atoms with Crippen LogP contribution in [0.4, 0.5) is 5.69 Å². The van der Waals surface area contributed by atoms with Crippen LogP contribution in [0, 0.1) is 0 Å². The fourth-order valence-corrected chi connectivity index (χ4v) is 2.54. The molecule has 0 saturated carbocycles. The minimum absolute atomic E-state index is 0.328. The summed E-state index contributed by atoms with van der Waals surface area (Å²) in [5.74, 6) is 0.121. The van der Waals surface area contributed by atoms with Crippen LogP contribution < -0.4 is 26.0 Å². The molecular formula is C19H18N4O5. The van der Waals surface area contributed by atoms with Crippen molar-refractivity contribution in [2.45, 2.75) is 0 Å². The lowest BCUT2D eigenvalue weighted by Crippen LogP contribution is -2.43. The van der Waals surface area contributed by atoms with Crippen molar-refractivity contribution in [1.82, 2.24) is 14.3 Å². The molecule has 3 rings (SSSR count). The second kappa shape index (κ2) is 7.78. The number of benzene rings is 2. The summed E-state index contributed by atoms with van der Waals surface area (Å²) in [5.41, 5.74) is -1.13. The first kappa shape index (κ1) is 18.9. The van der Waals surface area contributed by atoms with Gasteiger partial charge in [-0.2, -0.15) is 9.78 Å². The average Bonchev–Trinajstić information content (AvgIpc) is 2.73. The van der Waals surface area contributed by atoms with E-state index >= 15 is 0 Å². The Hall–Kier alpha value is -3.88. The van der Waals surface area contributed by atoms with Gasteiger partial charge in [-0.1, -0.05) is 18.2 Å². The topological polar surface area (TPSA) is 104 Å². The van der Waals surface area contributed by atoms with Crippen LogP contribution in [0.1, 0.15) is 10.5 Å². The molecule has 0 aliphatic heterocycles. The minimum atomic E-state index is -0.804. The van der Waals surface area contributed by atoms with E-state index in [1.807, 2.05) is 0 Å². The third kappa shape index (κ3) is 3.50. The third-order valence-corrected chi connectivity index (χ3v) is 4.05. The fourth-order valence-electron chi connectivity index (χ4n) is 2.54. The molecule has 0 radical (unpaired) electrons. The van der Waals surface area contributed by atoms with Gasteiger partial charge in [0, 0.05) is 13.1 Å². The van der Waals surface area contributed by atoms with Crippen molar-refractivity contribution in [3.63, 3.8) is 0 Å². The summed E-state index contributed by atoms with van der Waals surface area (Å²) in [5, 5.41) is 6.57. The van der Waals surface area contributed by atoms with E-state index in [0.29, 0.717) is 22.9 Å². The van der Waals surface area contributed by atoms with Crippen molar-refractivity contribution >= 4 is 11.6 Å². The van der Waals surface area contributed by atoms with E-state index < -0.39 is 22.9 Å². The Bertz CT molecular complexity index is 1140. The maximum atomic E-state index is 12.7. The van der Waals surface area contributed by atoms with Gasteiger partial charge in [-0.05, 0) is 24.3 Å². The standard InChI is InChI=1S/C19H18N4O5/c1-22-18(25)16(21-23(19(22)26)12-7-5-4-6-8-12)17(24)20-14-10-9-13(27-2)11-15(14)28-3/h4-11H,1-3H3,(H,20,24). The summed E-state index contributed by atoms with van der Waals surface area (Å²) in [7, 11) is 4.24. The predicted octanol–water partition coefficient (Wildman–Crippen LogP) is 1.20. The number of carbonyl (C=O) groups is 1. The van der Waals surface area contributed by atoms with Gasteiger partial charge in [0.2, 0.25) is 5.69 Å². The van der Waals surface area contributed by atoms with E-state index in [1.165, 1.54) is 21.3 Å². The summed E-state index contributed by atoms with van der Waals surface area (Å²) in [6, 6.07) is 13.3. The third-order valence-electron chi connectivity index (χ3n) is 4.05. The molecule has 28 heavy (non-hydrogen) atoms. The summed E-state index contributed by atoms with van der Waals surface area (Å²) in [6.07, 6.45) is 0. The van der Waals surface area contributed by atoms with Crippen molar-refractivity contribution in [2.75, 3.05) is 19.5 Å². The van der Waals surface area contributed by atoms with Crippen LogP contribution in [-0.2, 0) is 7.05 Å². The monoisotopic (exact) mass is 382 g/mol. The highest BCUT2D eigenvalue weighted by Gasteiger charge is 2.20. The molecule has 1 amide bonds. The lowest BCUT2D eigenvalue weighted by atomic mass is 10.2. The molecule has 1 heterocycles. The Labute approximate surface area is 159 Å². The zero-order chi connectivity index (χ0) is 20.3. The largest absolute Gasteiger partial charge is 0.497 e. The number of methoxy groups -OCH3 is 2. The van der Waals surface area contributed by atoms with E-state index in [9.17, 15) is 14.4 Å². The molecule has 0 bridgehead atoms. The van der Waals surface area contributed by atoms with Crippen molar-refractivity contribution in [3.8, 4) is 17.2 Å². The number of nitrogens with zero attached hydrogens (tertiary/aromatic N) is 3. The van der Waals surface area contributed by atoms with Crippen LogP contribution in [0.15, 0.2) is 58.1 Å². The smallest absolute Gasteiger partial charge is 0.351 e. The number of rotatable bonds is 5. The van der Waals surface area contributed by atoms with Gasteiger partial charge in [0.05, 0.1) is 25.6 Å². The maximum Gasteiger partial charge on any atom is 0.351 e. The Morgan fingerprint density at radius 3 is 2.39 bits per heavy atom. The van der Waals surface area contributed by atoms with E-state index in [1.54, 1.807) is 48.5 Å². The van der Waals surface area contributed by atoms with Crippen molar-refractivity contribution in [2.24, 2.45) is 7.05 Å². The number of hydrogen-bond acceptors (Lipinski definition) is 6. The molecule has 2 aromatic carbocycles. The van der Waals surface area contributed by atoms with E-state index in [0.717, 1.165) is 9.25 Å². The average molecular weight is 382 g/mol. The molecule has 1 N–H and O–H groups in total. The van der Waals surface area contributed by atoms with Crippen molar-refractivity contribution < 1.29 is 14.3 Å². The summed E-state index contributed by atoms with van der Waals surface area (Å²) < 4.78 is 12.2. The van der Waals surface area contributed by atoms with Crippen LogP contribution >= 0.6 is 0 Å². The van der Waals surface area contributed by atoms with E-state index in [4.69, 9.17) is 9.47 Å². The number of nitrogens with one attached hydrogen (secondary N) is 1. The predicted molar refractivity (Wildman–Crippen MR) is 103 cm³/mol. The molecule has 0 aliphatic rings. The lowest BCUT2D eigenvalue weighted by molar-refractivity contribution is 0.101. The van der Waals surface area contributed by atoms with Crippen LogP contribution in [0.2, 0.25) is 0 Å². The van der Waals surface area contributed by atoms with E-state index in [-0.39, 0.29) is 0 Å². The molecule has 3 aromatic rings. The summed E-state index contributed by atoms with van der Waals surface area (Å²) in [4.78, 5) is 37.5. The molecule has 1 aromatic heterocycles. The van der Waals surface area contributed by atoms with Gasteiger partial charge < -0.3 is 14.8 Å². The number of aromatic nitrogens is 3. The second-order valence-corrected chi connectivity index (χ2v) is 5.76. The quantitative estimate of drug-likeness (QED) is 0.711. The molecule has 144 valence electrons. The molecule has 9 heteroatoms. The van der Waals surface area contributed by atoms with Gasteiger partial charge >= 0.3 is 5.69 Å². The van der Waals surface area contributed by atoms with Crippen LogP contribution in [0.25, 0.3) is 5.69 Å². The first-order chi connectivity index (χ1) is 13.5. The fraction of sp³-hybridized carbons (Fsp3) is 0.158. The number of para-hydroxylation sites is 1. The molecule has 0 atom stereocenters. The van der Waals surface area contributed by atoms with Gasteiger partial charge in [-0.15, -0.1) is 0 Å². The Kier molecular flexibility index (Phi) is 5.25. The van der Waals surface area contributed by atoms with Gasteiger partial charge in [0.15, 0.2) is 0 Å². The van der Waals surface area contributed by atoms with Gasteiger partial charge in [-0.3, -0.25) is 14.2 Å². The second-order valence-electron chi connectivity index (χ2n) is 5.76. The first-order valence-corrected chi connectivity index (χ1v) is 8.25. The number of anilines is 1. The number of ether oxygens (including phenoxy) is 2. The maximum absolute atomic E-state index is 12.7. The SMILES string of the molecule is COc1ccc(NC(=O)c2nn(-c3ccccc3)c(=O)n(C)c2=O)c(OC)c1. The highest BCUT2D eigenvalue weighted by Crippen LogP contribution is 2.29. The Balaban J connectivity index is 2.04. The van der Waals surface area contributed by atoms with Gasteiger partial charge in [0.25, 0.3) is 11.5 Å². The van der Waals surface area contributed by atoms with Crippen LogP contribution in [0.5, 0.6) is 11.5 Å². The Morgan fingerprint density at radius 2 is 1.75 bits per heavy atom. The van der Waals surface area contributed by atoms with Crippen molar-refractivity contribution in [3.05, 3.63) is 75.1 Å². The van der Waals surface area contributed by atoms with Gasteiger partial charge in [-0.25, -0.2) is 4.79 Å². The number of amides is 1. The molecule has 0 saturated heterocycles. The molecule has 0 aliphatic carbocycles. The first-order valence-electron chi connectivity index (χ1n) is 8.25. The summed E-state index contributed by atoms with van der Waals surface area (Å²) in [6.45, 7) is 0. The van der Waals surface area contributed by atoms with Gasteiger partial charge in [0.1, 0.15) is 11.5 Å². The molecule has 0 fully saturated rings. The zero-order valence-electron chi connectivity index (χ0n) is 15.5. The normalized spacial score (nSPS) is 10.4. The molecular weight excluding hydrogens is 364 g/mol.